The lowest BCUT2D eigenvalue weighted by Crippen LogP contribution is -2.60. The minimum absolute atomic E-state index is 0.0129. The lowest BCUT2D eigenvalue weighted by Gasteiger charge is -2.45. The molecule has 1 aromatic rings. The van der Waals surface area contributed by atoms with Crippen molar-refractivity contribution in [1.29, 1.82) is 0 Å². The van der Waals surface area contributed by atoms with Gasteiger partial charge >= 0.3 is 12.1 Å². The smallest absolute Gasteiger partial charge is 0.408 e. The number of carbonyl (C=O) groups excluding carboxylic acids is 4. The van der Waals surface area contributed by atoms with Gasteiger partial charge in [0.05, 0.1) is 13.0 Å². The molecule has 0 aliphatic heterocycles. The van der Waals surface area contributed by atoms with E-state index in [1.807, 2.05) is 66.7 Å². The molecule has 0 saturated carbocycles. The summed E-state index contributed by atoms with van der Waals surface area (Å²) >= 11 is 0. The first-order chi connectivity index (χ1) is 18.0. The highest BCUT2D eigenvalue weighted by Crippen LogP contribution is 2.35. The topological polar surface area (TPSA) is 114 Å². The van der Waals surface area contributed by atoms with Crippen molar-refractivity contribution in [3.63, 3.8) is 0 Å². The number of amides is 3. The Balaban J connectivity index is 3.62. The lowest BCUT2D eigenvalue weighted by atomic mass is 9.88. The molecule has 0 fully saturated rings. The molecule has 0 aliphatic carbocycles. The minimum Gasteiger partial charge on any atom is -0.466 e. The summed E-state index contributed by atoms with van der Waals surface area (Å²) in [6.07, 6.45) is -0.141. The van der Waals surface area contributed by atoms with E-state index in [9.17, 15) is 19.2 Å². The van der Waals surface area contributed by atoms with E-state index < -0.39 is 47.1 Å². The Morgan fingerprint density at radius 2 is 1.62 bits per heavy atom. The first-order valence-corrected chi connectivity index (χ1v) is 13.8. The molecule has 2 unspecified atom stereocenters. The average molecular weight is 548 g/mol. The zero-order valence-electron chi connectivity index (χ0n) is 25.7. The van der Waals surface area contributed by atoms with Gasteiger partial charge in [-0.05, 0) is 84.4 Å². The van der Waals surface area contributed by atoms with Crippen molar-refractivity contribution >= 4 is 23.9 Å². The lowest BCUT2D eigenvalue weighted by molar-refractivity contribution is -0.150. The summed E-state index contributed by atoms with van der Waals surface area (Å²) < 4.78 is 10.4. The highest BCUT2D eigenvalue weighted by Gasteiger charge is 2.44. The molecule has 0 bridgehead atoms. The Hall–Kier alpha value is -3.10. The number of hydrogen-bond donors (Lipinski definition) is 2. The predicted octanol–water partition coefficient (Wildman–Crippen LogP) is 4.98. The number of ether oxygens (including phenoxy) is 2. The van der Waals surface area contributed by atoms with Gasteiger partial charge in [-0.3, -0.25) is 14.4 Å². The molecule has 1 rings (SSSR count). The van der Waals surface area contributed by atoms with Crippen molar-refractivity contribution in [3.8, 4) is 0 Å². The van der Waals surface area contributed by atoms with Gasteiger partial charge in [-0.1, -0.05) is 39.0 Å². The van der Waals surface area contributed by atoms with E-state index in [0.29, 0.717) is 12.0 Å². The van der Waals surface area contributed by atoms with Crippen LogP contribution in [0.4, 0.5) is 4.79 Å². The van der Waals surface area contributed by atoms with Crippen LogP contribution in [0, 0.1) is 19.8 Å². The Bertz CT molecular complexity index is 1010. The second-order valence-corrected chi connectivity index (χ2v) is 11.8. The van der Waals surface area contributed by atoms with Crippen molar-refractivity contribution in [2.75, 3.05) is 13.2 Å². The summed E-state index contributed by atoms with van der Waals surface area (Å²) in [6, 6.07) is 3.71. The van der Waals surface area contributed by atoms with E-state index in [0.717, 1.165) is 11.1 Å². The van der Waals surface area contributed by atoms with Crippen LogP contribution in [0.1, 0.15) is 97.9 Å². The SMILES string of the molecule is CCOC(=O)CCNC(=O)C(c1cccc(C)c1C)N(C(=O)C(NC(=O)OC(C)(C)C)C(C)C)C(C)(C)CC. The van der Waals surface area contributed by atoms with E-state index in [4.69, 9.17) is 9.47 Å². The highest BCUT2D eigenvalue weighted by molar-refractivity contribution is 5.93. The Morgan fingerprint density at radius 1 is 1.00 bits per heavy atom. The summed E-state index contributed by atoms with van der Waals surface area (Å²) in [5, 5.41) is 5.59. The normalized spacial score (nSPS) is 13.3. The first kappa shape index (κ1) is 33.9. The van der Waals surface area contributed by atoms with Gasteiger partial charge in [-0.15, -0.1) is 0 Å². The maximum atomic E-state index is 14.4. The molecule has 220 valence electrons. The average Bonchev–Trinajstić information content (AvgIpc) is 2.81. The summed E-state index contributed by atoms with van der Waals surface area (Å²) in [5.41, 5.74) is 1.04. The van der Waals surface area contributed by atoms with Gasteiger partial charge in [-0.2, -0.15) is 0 Å². The standard InChI is InChI=1S/C30H49N3O6/c1-12-30(10,11)33(27(36)24(19(3)4)32-28(37)39-29(7,8)9)25(22-16-14-15-20(5)21(22)6)26(35)31-18-17-23(34)38-13-2/h14-16,19,24-25H,12-13,17-18H2,1-11H3,(H,31,35)(H,32,37). The van der Waals surface area contributed by atoms with Gasteiger partial charge in [-0.25, -0.2) is 4.79 Å². The van der Waals surface area contributed by atoms with Crippen LogP contribution in [0.2, 0.25) is 0 Å². The summed E-state index contributed by atoms with van der Waals surface area (Å²) in [4.78, 5) is 54.5. The second kappa shape index (κ2) is 14.3. The third-order valence-electron chi connectivity index (χ3n) is 6.74. The van der Waals surface area contributed by atoms with Crippen molar-refractivity contribution in [2.24, 2.45) is 5.92 Å². The molecule has 0 saturated heterocycles. The van der Waals surface area contributed by atoms with Crippen LogP contribution >= 0.6 is 0 Å². The Labute approximate surface area is 234 Å². The maximum absolute atomic E-state index is 14.4. The molecular weight excluding hydrogens is 498 g/mol. The van der Waals surface area contributed by atoms with Crippen LogP contribution in [0.5, 0.6) is 0 Å². The molecule has 9 heteroatoms. The first-order valence-electron chi connectivity index (χ1n) is 13.8. The molecule has 2 atom stereocenters. The summed E-state index contributed by atoms with van der Waals surface area (Å²) in [7, 11) is 0. The van der Waals surface area contributed by atoms with Crippen molar-refractivity contribution in [1.82, 2.24) is 15.5 Å². The molecule has 0 aliphatic rings. The summed E-state index contributed by atoms with van der Waals surface area (Å²) in [6.45, 7) is 20.6. The van der Waals surface area contributed by atoms with Gasteiger partial charge in [0.25, 0.3) is 0 Å². The number of esters is 1. The van der Waals surface area contributed by atoms with Gasteiger partial charge in [0, 0.05) is 12.1 Å². The quantitative estimate of drug-likeness (QED) is 0.357. The van der Waals surface area contributed by atoms with Gasteiger partial charge < -0.3 is 25.0 Å². The van der Waals surface area contributed by atoms with E-state index >= 15 is 0 Å². The zero-order valence-corrected chi connectivity index (χ0v) is 25.7. The third kappa shape index (κ3) is 9.86. The Morgan fingerprint density at radius 3 is 2.13 bits per heavy atom. The molecule has 9 nitrogen and oxygen atoms in total. The minimum atomic E-state index is -1.00. The molecule has 3 amide bonds. The largest absolute Gasteiger partial charge is 0.466 e. The molecule has 1 aromatic carbocycles. The number of nitrogens with one attached hydrogen (secondary N) is 2. The molecule has 0 heterocycles. The fraction of sp³-hybridized carbons (Fsp3) is 0.667. The van der Waals surface area contributed by atoms with E-state index in [1.165, 1.54) is 0 Å². The van der Waals surface area contributed by atoms with Crippen LogP contribution in [0.3, 0.4) is 0 Å². The maximum Gasteiger partial charge on any atom is 0.408 e. The summed E-state index contributed by atoms with van der Waals surface area (Å²) in [5.74, 6) is -1.51. The number of benzene rings is 1. The van der Waals surface area contributed by atoms with Crippen molar-refractivity contribution in [3.05, 3.63) is 34.9 Å². The monoisotopic (exact) mass is 547 g/mol. The van der Waals surface area contributed by atoms with Crippen LogP contribution in [-0.4, -0.2) is 59.1 Å². The zero-order chi connectivity index (χ0) is 30.1. The van der Waals surface area contributed by atoms with Crippen LogP contribution in [-0.2, 0) is 23.9 Å². The fourth-order valence-electron chi connectivity index (χ4n) is 4.13. The number of alkyl carbamates (subject to hydrolysis) is 1. The van der Waals surface area contributed by atoms with Crippen molar-refractivity contribution in [2.45, 2.75) is 112 Å². The molecule has 0 aromatic heterocycles. The Kier molecular flexibility index (Phi) is 12.5. The third-order valence-corrected chi connectivity index (χ3v) is 6.74. The van der Waals surface area contributed by atoms with Gasteiger partial charge in [0.15, 0.2) is 0 Å². The number of hydrogen-bond acceptors (Lipinski definition) is 6. The van der Waals surface area contributed by atoms with Gasteiger partial charge in [0.2, 0.25) is 11.8 Å². The number of aryl methyl sites for hydroxylation is 1. The van der Waals surface area contributed by atoms with Crippen molar-refractivity contribution < 1.29 is 28.7 Å². The van der Waals surface area contributed by atoms with E-state index in [-0.39, 0.29) is 25.5 Å². The van der Waals surface area contributed by atoms with Crippen LogP contribution in [0.15, 0.2) is 18.2 Å². The molecule has 39 heavy (non-hydrogen) atoms. The predicted molar refractivity (Wildman–Crippen MR) is 152 cm³/mol. The molecule has 0 radical (unpaired) electrons. The number of rotatable bonds is 12. The molecule has 2 N–H and O–H groups in total. The fourth-order valence-corrected chi connectivity index (χ4v) is 4.13. The van der Waals surface area contributed by atoms with Crippen LogP contribution < -0.4 is 10.6 Å². The van der Waals surface area contributed by atoms with Crippen LogP contribution in [0.25, 0.3) is 0 Å². The molecule has 0 spiro atoms. The van der Waals surface area contributed by atoms with Gasteiger partial charge in [0.1, 0.15) is 17.7 Å². The highest BCUT2D eigenvalue weighted by atomic mass is 16.6. The van der Waals surface area contributed by atoms with E-state index in [2.05, 4.69) is 10.6 Å². The number of carbonyl (C=O) groups is 4. The number of nitrogens with zero attached hydrogens (tertiary/aromatic N) is 1. The second-order valence-electron chi connectivity index (χ2n) is 11.8. The molecular formula is C30H49N3O6. The van der Waals surface area contributed by atoms with E-state index in [1.54, 1.807) is 32.6 Å².